The number of carbonyl (C=O) groups excluding carboxylic acids is 1. The van der Waals surface area contributed by atoms with E-state index in [-0.39, 0.29) is 24.8 Å². The summed E-state index contributed by atoms with van der Waals surface area (Å²) in [6.45, 7) is 5.82. The van der Waals surface area contributed by atoms with Crippen LogP contribution in [0.2, 0.25) is 0 Å². The van der Waals surface area contributed by atoms with E-state index in [9.17, 15) is 9.59 Å². The van der Waals surface area contributed by atoms with Crippen molar-refractivity contribution in [2.24, 2.45) is 11.3 Å². The first-order valence-electron chi connectivity index (χ1n) is 6.81. The molecule has 1 aliphatic carbocycles. The summed E-state index contributed by atoms with van der Waals surface area (Å²) in [5, 5.41) is 11.9. The van der Waals surface area contributed by atoms with Gasteiger partial charge in [0.2, 0.25) is 5.91 Å². The summed E-state index contributed by atoms with van der Waals surface area (Å²) < 4.78 is 0. The molecule has 0 saturated heterocycles. The van der Waals surface area contributed by atoms with E-state index in [2.05, 4.69) is 12.2 Å². The summed E-state index contributed by atoms with van der Waals surface area (Å²) in [5.41, 5.74) is -0.478. The quantitative estimate of drug-likeness (QED) is 0.793. The second-order valence-electron chi connectivity index (χ2n) is 6.35. The zero-order valence-corrected chi connectivity index (χ0v) is 11.7. The number of carbonyl (C=O) groups is 2. The molecule has 1 amide bonds. The van der Waals surface area contributed by atoms with Crippen molar-refractivity contribution in [2.45, 2.75) is 65.3 Å². The summed E-state index contributed by atoms with van der Waals surface area (Å²) in [5.74, 6) is -0.330. The van der Waals surface area contributed by atoms with Gasteiger partial charge in [0, 0.05) is 12.5 Å². The first-order chi connectivity index (χ1) is 8.30. The maximum Gasteiger partial charge on any atom is 0.303 e. The van der Waals surface area contributed by atoms with Gasteiger partial charge in [-0.3, -0.25) is 9.59 Å². The van der Waals surface area contributed by atoms with Gasteiger partial charge in [0.25, 0.3) is 0 Å². The zero-order valence-electron chi connectivity index (χ0n) is 11.7. The van der Waals surface area contributed by atoms with Crippen LogP contribution < -0.4 is 5.32 Å². The Morgan fingerprint density at radius 3 is 2.39 bits per heavy atom. The average molecular weight is 255 g/mol. The molecule has 2 unspecified atom stereocenters. The van der Waals surface area contributed by atoms with E-state index in [0.717, 1.165) is 6.42 Å². The van der Waals surface area contributed by atoms with Crippen LogP contribution in [0.25, 0.3) is 0 Å². The first-order valence-corrected chi connectivity index (χ1v) is 6.81. The lowest BCUT2D eigenvalue weighted by Gasteiger charge is -2.31. The van der Waals surface area contributed by atoms with Crippen molar-refractivity contribution in [3.63, 3.8) is 0 Å². The van der Waals surface area contributed by atoms with E-state index in [1.807, 2.05) is 13.8 Å². The Bertz CT molecular complexity index is 312. The van der Waals surface area contributed by atoms with Crippen molar-refractivity contribution >= 4 is 11.9 Å². The molecule has 0 spiro atoms. The van der Waals surface area contributed by atoms with Gasteiger partial charge in [0.05, 0.1) is 6.42 Å². The van der Waals surface area contributed by atoms with Crippen molar-refractivity contribution in [3.05, 3.63) is 0 Å². The van der Waals surface area contributed by atoms with Crippen LogP contribution in [0.1, 0.15) is 59.3 Å². The lowest BCUT2D eigenvalue weighted by molar-refractivity contribution is -0.139. The summed E-state index contributed by atoms with van der Waals surface area (Å²) in [6, 6.07) is 0.270. The summed E-state index contributed by atoms with van der Waals surface area (Å²) >= 11 is 0. The smallest absolute Gasteiger partial charge is 0.303 e. The summed E-state index contributed by atoms with van der Waals surface area (Å²) in [6.07, 6.45) is 4.95. The molecule has 0 aromatic rings. The minimum Gasteiger partial charge on any atom is -0.481 e. The highest BCUT2D eigenvalue weighted by molar-refractivity contribution is 5.78. The first kappa shape index (κ1) is 15.0. The second kappa shape index (κ2) is 6.21. The minimum absolute atomic E-state index is 0.0139. The van der Waals surface area contributed by atoms with Gasteiger partial charge in [-0.15, -0.1) is 0 Å². The normalized spacial score (nSPS) is 24.6. The molecule has 4 heteroatoms. The van der Waals surface area contributed by atoms with Gasteiger partial charge < -0.3 is 10.4 Å². The Labute approximate surface area is 109 Å². The molecule has 0 aromatic carbocycles. The Kier molecular flexibility index (Phi) is 5.17. The van der Waals surface area contributed by atoms with Gasteiger partial charge in [0.15, 0.2) is 0 Å². The van der Waals surface area contributed by atoms with E-state index >= 15 is 0 Å². The molecule has 4 nitrogen and oxygen atoms in total. The highest BCUT2D eigenvalue weighted by Crippen LogP contribution is 2.27. The van der Waals surface area contributed by atoms with Crippen LogP contribution >= 0.6 is 0 Å². The van der Waals surface area contributed by atoms with Crippen LogP contribution in [0, 0.1) is 11.3 Å². The van der Waals surface area contributed by atoms with Crippen molar-refractivity contribution in [3.8, 4) is 0 Å². The number of carboxylic acid groups (broad SMARTS) is 1. The second-order valence-corrected chi connectivity index (χ2v) is 6.35. The molecule has 1 aliphatic rings. The molecule has 104 valence electrons. The van der Waals surface area contributed by atoms with Crippen molar-refractivity contribution in [1.29, 1.82) is 0 Å². The molecule has 0 radical (unpaired) electrons. The molecular formula is C14H25NO3. The van der Waals surface area contributed by atoms with Crippen molar-refractivity contribution in [2.75, 3.05) is 0 Å². The van der Waals surface area contributed by atoms with Gasteiger partial charge in [-0.2, -0.15) is 0 Å². The molecular weight excluding hydrogens is 230 g/mol. The predicted molar refractivity (Wildman–Crippen MR) is 70.2 cm³/mol. The highest BCUT2D eigenvalue weighted by Gasteiger charge is 2.28. The monoisotopic (exact) mass is 255 g/mol. The third-order valence-corrected chi connectivity index (χ3v) is 3.73. The van der Waals surface area contributed by atoms with Crippen LogP contribution in [0.15, 0.2) is 0 Å². The van der Waals surface area contributed by atoms with Gasteiger partial charge >= 0.3 is 5.97 Å². The minimum atomic E-state index is -0.848. The van der Waals surface area contributed by atoms with Crippen LogP contribution in [-0.2, 0) is 9.59 Å². The highest BCUT2D eigenvalue weighted by atomic mass is 16.4. The van der Waals surface area contributed by atoms with Gasteiger partial charge in [-0.05, 0) is 24.2 Å². The van der Waals surface area contributed by atoms with Crippen LogP contribution in [0.5, 0.6) is 0 Å². The SMILES string of the molecule is CC1CCCCC1NC(=O)CC(C)(C)CC(=O)O. The van der Waals surface area contributed by atoms with E-state index in [0.29, 0.717) is 5.92 Å². The Hall–Kier alpha value is -1.06. The van der Waals surface area contributed by atoms with Crippen molar-refractivity contribution in [1.82, 2.24) is 5.32 Å². The van der Waals surface area contributed by atoms with Crippen LogP contribution in [-0.4, -0.2) is 23.0 Å². The molecule has 1 fully saturated rings. The van der Waals surface area contributed by atoms with Crippen molar-refractivity contribution < 1.29 is 14.7 Å². The van der Waals surface area contributed by atoms with E-state index in [4.69, 9.17) is 5.11 Å². The number of carboxylic acids is 1. The molecule has 0 aromatic heterocycles. The van der Waals surface area contributed by atoms with Gasteiger partial charge in [-0.25, -0.2) is 0 Å². The zero-order chi connectivity index (χ0) is 13.8. The molecule has 18 heavy (non-hydrogen) atoms. The fraction of sp³-hybridized carbons (Fsp3) is 0.857. The number of hydrogen-bond donors (Lipinski definition) is 2. The third-order valence-electron chi connectivity index (χ3n) is 3.73. The molecule has 0 aliphatic heterocycles. The van der Waals surface area contributed by atoms with E-state index in [1.165, 1.54) is 19.3 Å². The predicted octanol–water partition coefficient (Wildman–Crippen LogP) is 2.57. The lowest BCUT2D eigenvalue weighted by Crippen LogP contribution is -2.42. The number of amides is 1. The summed E-state index contributed by atoms with van der Waals surface area (Å²) in [7, 11) is 0. The largest absolute Gasteiger partial charge is 0.481 e. The topological polar surface area (TPSA) is 66.4 Å². The molecule has 0 bridgehead atoms. The number of aliphatic carboxylic acids is 1. The van der Waals surface area contributed by atoms with Crippen LogP contribution in [0.4, 0.5) is 0 Å². The van der Waals surface area contributed by atoms with Gasteiger partial charge in [-0.1, -0.05) is 33.6 Å². The average Bonchev–Trinajstić information content (AvgIpc) is 2.18. The Balaban J connectivity index is 2.43. The molecule has 1 rings (SSSR count). The van der Waals surface area contributed by atoms with E-state index < -0.39 is 11.4 Å². The fourth-order valence-electron chi connectivity index (χ4n) is 2.70. The molecule has 2 atom stereocenters. The van der Waals surface area contributed by atoms with E-state index in [1.54, 1.807) is 0 Å². The summed E-state index contributed by atoms with van der Waals surface area (Å²) in [4.78, 5) is 22.7. The van der Waals surface area contributed by atoms with Gasteiger partial charge in [0.1, 0.15) is 0 Å². The number of rotatable bonds is 5. The molecule has 1 saturated carbocycles. The fourth-order valence-corrected chi connectivity index (χ4v) is 2.70. The van der Waals surface area contributed by atoms with Crippen LogP contribution in [0.3, 0.4) is 0 Å². The maximum absolute atomic E-state index is 11.9. The standard InChI is InChI=1S/C14H25NO3/c1-10-6-4-5-7-11(10)15-12(16)8-14(2,3)9-13(17)18/h10-11H,4-9H2,1-3H3,(H,15,16)(H,17,18). The number of hydrogen-bond acceptors (Lipinski definition) is 2. The Morgan fingerprint density at radius 2 is 1.83 bits per heavy atom. The lowest BCUT2D eigenvalue weighted by atomic mass is 9.83. The number of nitrogens with one attached hydrogen (secondary N) is 1. The maximum atomic E-state index is 11.9. The molecule has 0 heterocycles. The Morgan fingerprint density at radius 1 is 1.22 bits per heavy atom. The molecule has 2 N–H and O–H groups in total. The third kappa shape index (κ3) is 5.07.